The van der Waals surface area contributed by atoms with Gasteiger partial charge >= 0.3 is 10.1 Å². The second kappa shape index (κ2) is 9.49. The van der Waals surface area contributed by atoms with Crippen molar-refractivity contribution >= 4 is 20.1 Å². The zero-order valence-electron chi connectivity index (χ0n) is 18.5. The quantitative estimate of drug-likeness (QED) is 0.528. The highest BCUT2D eigenvalue weighted by atomic mass is 32.2. The van der Waals surface area contributed by atoms with E-state index in [1.807, 2.05) is 46.8 Å². The molecule has 0 heterocycles. The van der Waals surface area contributed by atoms with Crippen LogP contribution in [0.15, 0.2) is 41.3 Å². The van der Waals surface area contributed by atoms with E-state index in [2.05, 4.69) is 0 Å². The summed E-state index contributed by atoms with van der Waals surface area (Å²) in [4.78, 5) is 0.328. The van der Waals surface area contributed by atoms with Crippen LogP contribution >= 0.6 is 0 Å². The zero-order chi connectivity index (χ0) is 22.7. The van der Waals surface area contributed by atoms with Gasteiger partial charge in [-0.3, -0.25) is 0 Å². The van der Waals surface area contributed by atoms with Gasteiger partial charge in [-0.1, -0.05) is 36.8 Å². The summed E-state index contributed by atoms with van der Waals surface area (Å²) in [6, 6.07) is 10.1. The van der Waals surface area contributed by atoms with Crippen LogP contribution < -0.4 is 4.18 Å². The van der Waals surface area contributed by atoms with E-state index in [-0.39, 0.29) is 24.1 Å². The maximum atomic E-state index is 13.6. The van der Waals surface area contributed by atoms with Crippen molar-refractivity contribution in [1.82, 2.24) is 4.31 Å². The fourth-order valence-corrected chi connectivity index (χ4v) is 6.08. The molecule has 166 valence electrons. The molecule has 1 unspecified atom stereocenters. The molecule has 0 aromatic heterocycles. The van der Waals surface area contributed by atoms with Crippen molar-refractivity contribution < 1.29 is 21.0 Å². The van der Waals surface area contributed by atoms with Crippen LogP contribution in [0.1, 0.15) is 49.4 Å². The number of hydrogen-bond donors (Lipinski definition) is 0. The Morgan fingerprint density at radius 3 is 2.10 bits per heavy atom. The van der Waals surface area contributed by atoms with Crippen LogP contribution in [0.2, 0.25) is 0 Å². The molecule has 2 rings (SSSR count). The van der Waals surface area contributed by atoms with Crippen molar-refractivity contribution in [2.45, 2.75) is 65.4 Å². The van der Waals surface area contributed by atoms with Crippen molar-refractivity contribution in [3.8, 4) is 5.75 Å². The number of rotatable bonds is 9. The van der Waals surface area contributed by atoms with Crippen LogP contribution in [-0.4, -0.2) is 32.9 Å². The maximum absolute atomic E-state index is 13.6. The van der Waals surface area contributed by atoms with Gasteiger partial charge in [0.05, 0.1) is 10.6 Å². The number of aryl methyl sites for hydroxylation is 3. The van der Waals surface area contributed by atoms with E-state index >= 15 is 0 Å². The Labute approximate surface area is 181 Å². The molecule has 1 atom stereocenters. The van der Waals surface area contributed by atoms with Crippen molar-refractivity contribution in [2.24, 2.45) is 0 Å². The SMILES string of the molecule is CCC(C)N(Cc1cccc(OS(=O)(=O)CC)c1)S(=O)(=O)c1c(C)cc(C)cc1C. The van der Waals surface area contributed by atoms with E-state index in [0.29, 0.717) is 28.0 Å². The summed E-state index contributed by atoms with van der Waals surface area (Å²) >= 11 is 0. The first-order valence-electron chi connectivity index (χ1n) is 10.0. The Bertz CT molecular complexity index is 1090. The van der Waals surface area contributed by atoms with Gasteiger partial charge in [0.25, 0.3) is 0 Å². The molecule has 0 saturated heterocycles. The smallest absolute Gasteiger partial charge is 0.308 e. The maximum Gasteiger partial charge on any atom is 0.308 e. The van der Waals surface area contributed by atoms with Gasteiger partial charge in [-0.05, 0) is 69.9 Å². The Morgan fingerprint density at radius 2 is 1.57 bits per heavy atom. The molecule has 6 nitrogen and oxygen atoms in total. The molecule has 0 aliphatic heterocycles. The third-order valence-electron chi connectivity index (χ3n) is 5.07. The van der Waals surface area contributed by atoms with Crippen LogP contribution in [0.3, 0.4) is 0 Å². The van der Waals surface area contributed by atoms with Crippen LogP contribution in [0.5, 0.6) is 5.75 Å². The summed E-state index contributed by atoms with van der Waals surface area (Å²) in [6.45, 7) is 11.0. The van der Waals surface area contributed by atoms with E-state index in [9.17, 15) is 16.8 Å². The first-order valence-corrected chi connectivity index (χ1v) is 13.0. The average molecular weight is 454 g/mol. The third-order valence-corrected chi connectivity index (χ3v) is 8.49. The molecular formula is C22H31NO5S2. The molecule has 0 radical (unpaired) electrons. The van der Waals surface area contributed by atoms with Crippen molar-refractivity contribution in [1.29, 1.82) is 0 Å². The van der Waals surface area contributed by atoms with Crippen LogP contribution in [0.25, 0.3) is 0 Å². The summed E-state index contributed by atoms with van der Waals surface area (Å²) in [5.41, 5.74) is 3.10. The number of hydrogen-bond acceptors (Lipinski definition) is 5. The summed E-state index contributed by atoms with van der Waals surface area (Å²) in [5, 5.41) is 0. The van der Waals surface area contributed by atoms with Gasteiger partial charge in [-0.15, -0.1) is 0 Å². The molecule has 0 fully saturated rings. The number of nitrogens with zero attached hydrogens (tertiary/aromatic N) is 1. The molecule has 0 N–H and O–H groups in total. The minimum absolute atomic E-state index is 0.119. The standard InChI is InChI=1S/C22H31NO5S2/c1-7-19(6)23(30(26,27)22-17(4)12-16(3)13-18(22)5)15-20-10-9-11-21(14-20)28-29(24,25)8-2/h9-14,19H,7-8,15H2,1-6H3. The molecule has 0 aliphatic rings. The summed E-state index contributed by atoms with van der Waals surface area (Å²) in [6.07, 6.45) is 0.642. The van der Waals surface area contributed by atoms with Gasteiger partial charge in [0.1, 0.15) is 5.75 Å². The molecule has 2 aromatic carbocycles. The molecule has 8 heteroatoms. The van der Waals surface area contributed by atoms with Crippen LogP contribution in [0, 0.1) is 20.8 Å². The second-order valence-corrected chi connectivity index (χ2v) is 11.3. The Hall–Kier alpha value is -1.90. The lowest BCUT2D eigenvalue weighted by Crippen LogP contribution is -2.38. The van der Waals surface area contributed by atoms with Gasteiger partial charge in [-0.2, -0.15) is 12.7 Å². The molecule has 0 amide bonds. The third kappa shape index (κ3) is 5.62. The lowest BCUT2D eigenvalue weighted by atomic mass is 10.1. The van der Waals surface area contributed by atoms with Crippen LogP contribution in [0.4, 0.5) is 0 Å². The normalized spacial score (nSPS) is 13.4. The van der Waals surface area contributed by atoms with E-state index in [0.717, 1.165) is 5.56 Å². The van der Waals surface area contributed by atoms with E-state index in [1.165, 1.54) is 11.2 Å². The zero-order valence-corrected chi connectivity index (χ0v) is 20.1. The highest BCUT2D eigenvalue weighted by Crippen LogP contribution is 2.29. The lowest BCUT2D eigenvalue weighted by Gasteiger charge is -2.29. The molecule has 2 aromatic rings. The first-order chi connectivity index (χ1) is 13.9. The average Bonchev–Trinajstić information content (AvgIpc) is 2.64. The molecule has 0 aliphatic carbocycles. The minimum Gasteiger partial charge on any atom is -0.382 e. The molecule has 0 bridgehead atoms. The van der Waals surface area contributed by atoms with Crippen LogP contribution in [-0.2, 0) is 26.7 Å². The second-order valence-electron chi connectivity index (χ2n) is 7.61. The van der Waals surface area contributed by atoms with Crippen molar-refractivity contribution in [2.75, 3.05) is 5.75 Å². The largest absolute Gasteiger partial charge is 0.382 e. The van der Waals surface area contributed by atoms with Crippen molar-refractivity contribution in [3.63, 3.8) is 0 Å². The van der Waals surface area contributed by atoms with Gasteiger partial charge in [0.15, 0.2) is 0 Å². The first kappa shape index (κ1) is 24.4. The van der Waals surface area contributed by atoms with E-state index in [1.54, 1.807) is 24.3 Å². The van der Waals surface area contributed by atoms with Gasteiger partial charge < -0.3 is 4.18 Å². The monoisotopic (exact) mass is 453 g/mol. The number of benzene rings is 2. The predicted octanol–water partition coefficient (Wildman–Crippen LogP) is 4.33. The topological polar surface area (TPSA) is 80.8 Å². The fraction of sp³-hybridized carbons (Fsp3) is 0.455. The summed E-state index contributed by atoms with van der Waals surface area (Å²) in [7, 11) is -7.42. The highest BCUT2D eigenvalue weighted by Gasteiger charge is 2.31. The summed E-state index contributed by atoms with van der Waals surface area (Å²) in [5.74, 6) is 0.0369. The predicted molar refractivity (Wildman–Crippen MR) is 120 cm³/mol. The lowest BCUT2D eigenvalue weighted by molar-refractivity contribution is 0.322. The Morgan fingerprint density at radius 1 is 0.967 bits per heavy atom. The van der Waals surface area contributed by atoms with E-state index < -0.39 is 20.1 Å². The fourth-order valence-electron chi connectivity index (χ4n) is 3.45. The van der Waals surface area contributed by atoms with Crippen molar-refractivity contribution in [3.05, 3.63) is 58.7 Å². The minimum atomic E-state index is -3.77. The van der Waals surface area contributed by atoms with Gasteiger partial charge in [-0.25, -0.2) is 8.42 Å². The molecule has 30 heavy (non-hydrogen) atoms. The Balaban J connectivity index is 2.48. The number of sulfonamides is 1. The van der Waals surface area contributed by atoms with Gasteiger partial charge in [0, 0.05) is 12.6 Å². The molecule has 0 saturated carbocycles. The highest BCUT2D eigenvalue weighted by molar-refractivity contribution is 7.89. The van der Waals surface area contributed by atoms with Gasteiger partial charge in [0.2, 0.25) is 10.0 Å². The molecule has 0 spiro atoms. The Kier molecular flexibility index (Phi) is 7.71. The van der Waals surface area contributed by atoms with E-state index in [4.69, 9.17) is 4.18 Å². The molecular weight excluding hydrogens is 422 g/mol. The summed E-state index contributed by atoms with van der Waals surface area (Å²) < 4.78 is 57.4.